The monoisotopic (exact) mass is 225 g/mol. The summed E-state index contributed by atoms with van der Waals surface area (Å²) in [6.07, 6.45) is 11.3. The van der Waals surface area contributed by atoms with Crippen molar-refractivity contribution in [2.75, 3.05) is 6.54 Å². The van der Waals surface area contributed by atoms with E-state index in [2.05, 4.69) is 26.1 Å². The molecule has 1 rings (SSSR count). The number of unbranched alkanes of at least 4 members (excludes halogenated alkanes) is 1. The van der Waals surface area contributed by atoms with Crippen LogP contribution >= 0.6 is 0 Å². The zero-order valence-electron chi connectivity index (χ0n) is 11.6. The van der Waals surface area contributed by atoms with Crippen LogP contribution in [0.3, 0.4) is 0 Å². The van der Waals surface area contributed by atoms with E-state index < -0.39 is 0 Å². The first kappa shape index (κ1) is 14.0. The molecule has 1 fully saturated rings. The molecular weight excluding hydrogens is 194 g/mol. The Balaban J connectivity index is 1.98. The summed E-state index contributed by atoms with van der Waals surface area (Å²) in [7, 11) is 0. The average Bonchev–Trinajstić information content (AvgIpc) is 2.29. The molecule has 1 aliphatic rings. The fraction of sp³-hybridized carbons (Fsp3) is 1.00. The fourth-order valence-electron chi connectivity index (χ4n) is 2.76. The van der Waals surface area contributed by atoms with E-state index in [1.54, 1.807) is 0 Å². The quantitative estimate of drug-likeness (QED) is 0.678. The minimum absolute atomic E-state index is 0.725. The Bertz CT molecular complexity index is 159. The van der Waals surface area contributed by atoms with Gasteiger partial charge in [0.15, 0.2) is 0 Å². The maximum Gasteiger partial charge on any atom is 0.00387 e. The lowest BCUT2D eigenvalue weighted by Gasteiger charge is -2.26. The molecule has 16 heavy (non-hydrogen) atoms. The smallest absolute Gasteiger partial charge is 0.00387 e. The molecule has 0 radical (unpaired) electrons. The zero-order chi connectivity index (χ0) is 11.8. The van der Waals surface area contributed by atoms with Crippen molar-refractivity contribution in [3.05, 3.63) is 0 Å². The van der Waals surface area contributed by atoms with Crippen LogP contribution in [0.1, 0.15) is 72.1 Å². The molecule has 0 bridgehead atoms. The normalized spacial score (nSPS) is 27.9. The molecule has 1 N–H and O–H groups in total. The molecule has 1 saturated carbocycles. The van der Waals surface area contributed by atoms with Crippen LogP contribution in [0.2, 0.25) is 0 Å². The molecule has 0 amide bonds. The Morgan fingerprint density at radius 2 is 1.88 bits per heavy atom. The van der Waals surface area contributed by atoms with E-state index in [1.807, 2.05) is 0 Å². The van der Waals surface area contributed by atoms with Crippen molar-refractivity contribution < 1.29 is 0 Å². The van der Waals surface area contributed by atoms with E-state index in [1.165, 1.54) is 57.9 Å². The van der Waals surface area contributed by atoms with Crippen LogP contribution in [0.4, 0.5) is 0 Å². The minimum Gasteiger partial charge on any atom is -0.314 e. The maximum absolute atomic E-state index is 3.68. The van der Waals surface area contributed by atoms with Crippen molar-refractivity contribution in [2.24, 2.45) is 11.8 Å². The largest absolute Gasteiger partial charge is 0.314 e. The molecule has 1 atom stereocenters. The van der Waals surface area contributed by atoms with Crippen LogP contribution in [0.5, 0.6) is 0 Å². The highest BCUT2D eigenvalue weighted by Crippen LogP contribution is 2.29. The minimum atomic E-state index is 0.725. The second-order valence-corrected chi connectivity index (χ2v) is 5.91. The van der Waals surface area contributed by atoms with E-state index in [4.69, 9.17) is 0 Å². The first-order valence-corrected chi connectivity index (χ1v) is 7.45. The molecule has 0 aromatic heterocycles. The highest BCUT2D eigenvalue weighted by atomic mass is 14.9. The lowest BCUT2D eigenvalue weighted by molar-refractivity contribution is 0.272. The third-order valence-electron chi connectivity index (χ3n) is 4.17. The lowest BCUT2D eigenvalue weighted by Crippen LogP contribution is -2.28. The van der Waals surface area contributed by atoms with Gasteiger partial charge in [0.2, 0.25) is 0 Å². The third kappa shape index (κ3) is 5.89. The first-order chi connectivity index (χ1) is 7.72. The van der Waals surface area contributed by atoms with Gasteiger partial charge in [-0.15, -0.1) is 0 Å². The highest BCUT2D eigenvalue weighted by Gasteiger charge is 2.17. The van der Waals surface area contributed by atoms with Crippen molar-refractivity contribution in [2.45, 2.75) is 78.2 Å². The number of nitrogens with one attached hydrogen (secondary N) is 1. The van der Waals surface area contributed by atoms with Gasteiger partial charge in [0.1, 0.15) is 0 Å². The SMILES string of the molecule is CCCCC(C)NCCC1CCC(C)CC1. The summed E-state index contributed by atoms with van der Waals surface area (Å²) in [5, 5.41) is 3.68. The number of hydrogen-bond acceptors (Lipinski definition) is 1. The molecule has 0 saturated heterocycles. The fourth-order valence-corrected chi connectivity index (χ4v) is 2.76. The van der Waals surface area contributed by atoms with Crippen molar-refractivity contribution >= 4 is 0 Å². The standard InChI is InChI=1S/C15H31N/c1-4-5-6-14(3)16-12-11-15-9-7-13(2)8-10-15/h13-16H,4-12H2,1-3H3. The van der Waals surface area contributed by atoms with Crippen molar-refractivity contribution in [1.82, 2.24) is 5.32 Å². The number of rotatable bonds is 7. The predicted octanol–water partition coefficient (Wildman–Crippen LogP) is 4.37. The second-order valence-electron chi connectivity index (χ2n) is 5.91. The Hall–Kier alpha value is -0.0400. The van der Waals surface area contributed by atoms with Gasteiger partial charge < -0.3 is 5.32 Å². The van der Waals surface area contributed by atoms with Gasteiger partial charge in [0.25, 0.3) is 0 Å². The first-order valence-electron chi connectivity index (χ1n) is 7.45. The third-order valence-corrected chi connectivity index (χ3v) is 4.17. The van der Waals surface area contributed by atoms with Gasteiger partial charge >= 0.3 is 0 Å². The van der Waals surface area contributed by atoms with Crippen molar-refractivity contribution in [3.63, 3.8) is 0 Å². The van der Waals surface area contributed by atoms with E-state index in [9.17, 15) is 0 Å². The van der Waals surface area contributed by atoms with Gasteiger partial charge in [-0.25, -0.2) is 0 Å². The number of hydrogen-bond donors (Lipinski definition) is 1. The predicted molar refractivity (Wildman–Crippen MR) is 72.7 cm³/mol. The van der Waals surface area contributed by atoms with Crippen LogP contribution in [0, 0.1) is 11.8 Å². The van der Waals surface area contributed by atoms with Gasteiger partial charge in [-0.2, -0.15) is 0 Å². The second kappa shape index (κ2) is 8.11. The zero-order valence-corrected chi connectivity index (χ0v) is 11.6. The molecule has 0 spiro atoms. The summed E-state index contributed by atoms with van der Waals surface area (Å²) in [5.41, 5.74) is 0. The van der Waals surface area contributed by atoms with Crippen molar-refractivity contribution in [3.8, 4) is 0 Å². The van der Waals surface area contributed by atoms with E-state index in [-0.39, 0.29) is 0 Å². The summed E-state index contributed by atoms with van der Waals surface area (Å²) in [5.74, 6) is 2.01. The molecule has 96 valence electrons. The summed E-state index contributed by atoms with van der Waals surface area (Å²) in [6, 6.07) is 0.725. The van der Waals surface area contributed by atoms with Gasteiger partial charge in [-0.05, 0) is 38.1 Å². The Kier molecular flexibility index (Phi) is 7.11. The summed E-state index contributed by atoms with van der Waals surface area (Å²) >= 11 is 0. The van der Waals surface area contributed by atoms with Gasteiger partial charge in [-0.3, -0.25) is 0 Å². The molecule has 1 unspecified atom stereocenters. The molecular formula is C15H31N. The Morgan fingerprint density at radius 3 is 2.50 bits per heavy atom. The van der Waals surface area contributed by atoms with E-state index in [0.717, 1.165) is 17.9 Å². The lowest BCUT2D eigenvalue weighted by atomic mass is 9.81. The molecule has 1 heteroatoms. The molecule has 0 aliphatic heterocycles. The highest BCUT2D eigenvalue weighted by molar-refractivity contribution is 4.71. The average molecular weight is 225 g/mol. The van der Waals surface area contributed by atoms with Crippen LogP contribution in [0.15, 0.2) is 0 Å². The molecule has 1 aliphatic carbocycles. The molecule has 1 nitrogen and oxygen atoms in total. The van der Waals surface area contributed by atoms with Gasteiger partial charge in [0.05, 0.1) is 0 Å². The van der Waals surface area contributed by atoms with Crippen LogP contribution in [0.25, 0.3) is 0 Å². The maximum atomic E-state index is 3.68. The van der Waals surface area contributed by atoms with Crippen LogP contribution in [-0.4, -0.2) is 12.6 Å². The van der Waals surface area contributed by atoms with Crippen LogP contribution in [-0.2, 0) is 0 Å². The van der Waals surface area contributed by atoms with Crippen LogP contribution < -0.4 is 5.32 Å². The Labute approximate surface area is 102 Å². The van der Waals surface area contributed by atoms with Crippen molar-refractivity contribution in [1.29, 1.82) is 0 Å². The van der Waals surface area contributed by atoms with E-state index >= 15 is 0 Å². The van der Waals surface area contributed by atoms with E-state index in [0.29, 0.717) is 0 Å². The summed E-state index contributed by atoms with van der Waals surface area (Å²) in [6.45, 7) is 8.25. The van der Waals surface area contributed by atoms with Gasteiger partial charge in [-0.1, -0.05) is 52.4 Å². The van der Waals surface area contributed by atoms with Gasteiger partial charge in [0, 0.05) is 6.04 Å². The molecule has 0 aromatic carbocycles. The summed E-state index contributed by atoms with van der Waals surface area (Å²) in [4.78, 5) is 0. The Morgan fingerprint density at radius 1 is 1.19 bits per heavy atom. The molecule has 0 aromatic rings. The summed E-state index contributed by atoms with van der Waals surface area (Å²) < 4.78 is 0. The molecule has 0 heterocycles. The topological polar surface area (TPSA) is 12.0 Å².